The highest BCUT2D eigenvalue weighted by Crippen LogP contribution is 2.17. The molecule has 3 heterocycles. The number of aliphatic hydroxyl groups excluding tert-OH is 1. The van der Waals surface area contributed by atoms with Crippen LogP contribution in [-0.2, 0) is 0 Å². The number of amides is 1. The summed E-state index contributed by atoms with van der Waals surface area (Å²) in [4.78, 5) is 18.4. The first-order valence-corrected chi connectivity index (χ1v) is 8.37. The fourth-order valence-corrected chi connectivity index (χ4v) is 3.08. The summed E-state index contributed by atoms with van der Waals surface area (Å²) in [5.74, 6) is -0.166. The van der Waals surface area contributed by atoms with Crippen molar-refractivity contribution in [2.75, 3.05) is 26.2 Å². The fourth-order valence-electron chi connectivity index (χ4n) is 3.08. The smallest absolute Gasteiger partial charge is 0.269 e. The minimum absolute atomic E-state index is 0.166. The number of hydrogen-bond acceptors (Lipinski definition) is 5. The molecule has 1 atom stereocenters. The van der Waals surface area contributed by atoms with Gasteiger partial charge in [-0.3, -0.25) is 19.8 Å². The summed E-state index contributed by atoms with van der Waals surface area (Å²) in [5.41, 5.74) is 2.08. The monoisotopic (exact) mass is 329 g/mol. The van der Waals surface area contributed by atoms with Crippen molar-refractivity contribution >= 4 is 5.91 Å². The van der Waals surface area contributed by atoms with Crippen LogP contribution in [0.4, 0.5) is 0 Å². The lowest BCUT2D eigenvalue weighted by Crippen LogP contribution is -2.45. The second-order valence-corrected chi connectivity index (χ2v) is 6.03. The average molecular weight is 329 g/mol. The summed E-state index contributed by atoms with van der Waals surface area (Å²) >= 11 is 0. The van der Waals surface area contributed by atoms with Crippen LogP contribution in [0.2, 0.25) is 0 Å². The van der Waals surface area contributed by atoms with E-state index < -0.39 is 0 Å². The van der Waals surface area contributed by atoms with Crippen LogP contribution in [0.1, 0.15) is 29.8 Å². The van der Waals surface area contributed by atoms with Crippen LogP contribution >= 0.6 is 0 Å². The predicted molar refractivity (Wildman–Crippen MR) is 90.4 cm³/mol. The van der Waals surface area contributed by atoms with Crippen LogP contribution in [0.5, 0.6) is 0 Å². The highest BCUT2D eigenvalue weighted by Gasteiger charge is 2.21. The van der Waals surface area contributed by atoms with E-state index in [1.54, 1.807) is 18.5 Å². The number of H-pyrrole nitrogens is 1. The highest BCUT2D eigenvalue weighted by atomic mass is 16.3. The zero-order chi connectivity index (χ0) is 16.8. The Bertz CT molecular complexity index is 658. The van der Waals surface area contributed by atoms with Crippen LogP contribution < -0.4 is 5.32 Å². The van der Waals surface area contributed by atoms with E-state index in [9.17, 15) is 9.90 Å². The molecule has 1 saturated heterocycles. The number of nitrogens with zero attached hydrogens (tertiary/aromatic N) is 3. The van der Waals surface area contributed by atoms with E-state index in [-0.39, 0.29) is 18.6 Å². The van der Waals surface area contributed by atoms with Gasteiger partial charge >= 0.3 is 0 Å². The number of aromatic nitrogens is 3. The molecule has 2 aromatic heterocycles. The van der Waals surface area contributed by atoms with Crippen molar-refractivity contribution in [1.82, 2.24) is 25.4 Å². The van der Waals surface area contributed by atoms with Gasteiger partial charge in [0.15, 0.2) is 0 Å². The molecular formula is C17H23N5O2. The molecule has 0 bridgehead atoms. The van der Waals surface area contributed by atoms with E-state index in [1.165, 1.54) is 6.42 Å². The third kappa shape index (κ3) is 3.98. The number of pyridine rings is 1. The molecule has 3 N–H and O–H groups in total. The second-order valence-electron chi connectivity index (χ2n) is 6.03. The first kappa shape index (κ1) is 16.6. The van der Waals surface area contributed by atoms with Gasteiger partial charge in [0.25, 0.3) is 5.91 Å². The van der Waals surface area contributed by atoms with Gasteiger partial charge < -0.3 is 10.4 Å². The van der Waals surface area contributed by atoms with Gasteiger partial charge in [-0.15, -0.1) is 0 Å². The first-order chi connectivity index (χ1) is 11.8. The Morgan fingerprint density at radius 3 is 3.00 bits per heavy atom. The zero-order valence-corrected chi connectivity index (χ0v) is 13.6. The predicted octanol–water partition coefficient (Wildman–Crippen LogP) is 1.05. The van der Waals surface area contributed by atoms with Crippen molar-refractivity contribution in [1.29, 1.82) is 0 Å². The molecule has 0 radical (unpaired) electrons. The molecule has 7 heteroatoms. The number of hydrogen-bond donors (Lipinski definition) is 3. The van der Waals surface area contributed by atoms with Crippen molar-refractivity contribution in [3.63, 3.8) is 0 Å². The molecule has 0 spiro atoms. The number of rotatable bonds is 6. The standard InChI is InChI=1S/C17H23N5O2/c23-12-14-3-1-2-9-22(14)10-8-19-17(24)16-11-15(20-21-16)13-4-6-18-7-5-13/h4-7,11,14,23H,1-3,8-10,12H2,(H,19,24)(H,20,21)/t14-/m0/s1. The van der Waals surface area contributed by atoms with Gasteiger partial charge in [0.2, 0.25) is 0 Å². The Kier molecular flexibility index (Phi) is 5.55. The molecule has 0 aromatic carbocycles. The van der Waals surface area contributed by atoms with Crippen molar-refractivity contribution in [2.24, 2.45) is 0 Å². The minimum Gasteiger partial charge on any atom is -0.395 e. The van der Waals surface area contributed by atoms with E-state index >= 15 is 0 Å². The van der Waals surface area contributed by atoms with Gasteiger partial charge in [-0.2, -0.15) is 5.10 Å². The SMILES string of the molecule is O=C(NCCN1CCCC[C@H]1CO)c1cc(-c2ccncc2)n[nH]1. The summed E-state index contributed by atoms with van der Waals surface area (Å²) < 4.78 is 0. The largest absolute Gasteiger partial charge is 0.395 e. The fraction of sp³-hybridized carbons (Fsp3) is 0.471. The van der Waals surface area contributed by atoms with E-state index in [4.69, 9.17) is 0 Å². The normalized spacial score (nSPS) is 18.5. The third-order valence-corrected chi connectivity index (χ3v) is 4.44. The maximum absolute atomic E-state index is 12.2. The molecule has 0 unspecified atom stereocenters. The molecule has 1 amide bonds. The molecule has 1 fully saturated rings. The van der Waals surface area contributed by atoms with Crippen molar-refractivity contribution in [3.05, 3.63) is 36.3 Å². The summed E-state index contributed by atoms with van der Waals surface area (Å²) in [5, 5.41) is 19.3. The summed E-state index contributed by atoms with van der Waals surface area (Å²) in [6.07, 6.45) is 6.74. The molecule has 0 saturated carbocycles. The second kappa shape index (κ2) is 8.03. The number of carbonyl (C=O) groups excluding carboxylic acids is 1. The molecule has 1 aliphatic heterocycles. The maximum Gasteiger partial charge on any atom is 0.269 e. The topological polar surface area (TPSA) is 94.1 Å². The zero-order valence-electron chi connectivity index (χ0n) is 13.6. The Labute approximate surface area is 141 Å². The number of aromatic amines is 1. The number of aliphatic hydroxyl groups is 1. The van der Waals surface area contributed by atoms with Gasteiger partial charge in [0.1, 0.15) is 5.69 Å². The van der Waals surface area contributed by atoms with Crippen molar-refractivity contribution in [2.45, 2.75) is 25.3 Å². The Balaban J connectivity index is 1.51. The van der Waals surface area contributed by atoms with Gasteiger partial charge in [0.05, 0.1) is 12.3 Å². The van der Waals surface area contributed by atoms with E-state index in [0.717, 1.165) is 37.2 Å². The van der Waals surface area contributed by atoms with Crippen LogP contribution in [0.25, 0.3) is 11.3 Å². The number of piperidine rings is 1. The first-order valence-electron chi connectivity index (χ1n) is 8.37. The lowest BCUT2D eigenvalue weighted by atomic mass is 10.0. The molecule has 0 aliphatic carbocycles. The quantitative estimate of drug-likeness (QED) is 0.736. The molecule has 1 aliphatic rings. The summed E-state index contributed by atoms with van der Waals surface area (Å²) in [6, 6.07) is 5.66. The minimum atomic E-state index is -0.166. The van der Waals surface area contributed by atoms with Gasteiger partial charge in [-0.1, -0.05) is 6.42 Å². The highest BCUT2D eigenvalue weighted by molar-refractivity contribution is 5.93. The van der Waals surface area contributed by atoms with E-state index in [2.05, 4.69) is 25.4 Å². The van der Waals surface area contributed by atoms with Gasteiger partial charge in [-0.05, 0) is 37.6 Å². The van der Waals surface area contributed by atoms with Crippen LogP contribution in [0.15, 0.2) is 30.6 Å². The van der Waals surface area contributed by atoms with E-state index in [0.29, 0.717) is 12.2 Å². The molecule has 2 aromatic rings. The molecule has 24 heavy (non-hydrogen) atoms. The van der Waals surface area contributed by atoms with Gasteiger partial charge in [0, 0.05) is 37.1 Å². The number of nitrogens with one attached hydrogen (secondary N) is 2. The van der Waals surface area contributed by atoms with Crippen molar-refractivity contribution < 1.29 is 9.90 Å². The van der Waals surface area contributed by atoms with Crippen LogP contribution in [0.3, 0.4) is 0 Å². The Hall–Kier alpha value is -2.25. The van der Waals surface area contributed by atoms with Gasteiger partial charge in [-0.25, -0.2) is 0 Å². The van der Waals surface area contributed by atoms with E-state index in [1.807, 2.05) is 12.1 Å². The van der Waals surface area contributed by atoms with Crippen LogP contribution in [-0.4, -0.2) is 63.4 Å². The maximum atomic E-state index is 12.2. The molecule has 7 nitrogen and oxygen atoms in total. The molecular weight excluding hydrogens is 306 g/mol. The third-order valence-electron chi connectivity index (χ3n) is 4.44. The Morgan fingerprint density at radius 2 is 2.21 bits per heavy atom. The molecule has 128 valence electrons. The summed E-state index contributed by atoms with van der Waals surface area (Å²) in [6.45, 7) is 2.47. The molecule has 3 rings (SSSR count). The summed E-state index contributed by atoms with van der Waals surface area (Å²) in [7, 11) is 0. The number of carbonyl (C=O) groups is 1. The average Bonchev–Trinajstić information content (AvgIpc) is 3.13. The number of likely N-dealkylation sites (tertiary alicyclic amines) is 1. The Morgan fingerprint density at radius 1 is 1.38 bits per heavy atom. The van der Waals surface area contributed by atoms with Crippen LogP contribution in [0, 0.1) is 0 Å². The van der Waals surface area contributed by atoms with Crippen molar-refractivity contribution in [3.8, 4) is 11.3 Å². The lowest BCUT2D eigenvalue weighted by Gasteiger charge is -2.34. The lowest BCUT2D eigenvalue weighted by molar-refractivity contribution is 0.0847.